The highest BCUT2D eigenvalue weighted by molar-refractivity contribution is 7.98. The average Bonchev–Trinajstić information content (AvgIpc) is 2.79. The predicted molar refractivity (Wildman–Crippen MR) is 133 cm³/mol. The summed E-state index contributed by atoms with van der Waals surface area (Å²) in [5.41, 5.74) is 3.82. The number of benzene rings is 3. The van der Waals surface area contributed by atoms with Crippen molar-refractivity contribution in [3.8, 4) is 0 Å². The molecule has 7 heteroatoms. The Morgan fingerprint density at radius 1 is 0.875 bits per heavy atom. The van der Waals surface area contributed by atoms with Crippen LogP contribution in [-0.2, 0) is 20.6 Å². The zero-order valence-electron chi connectivity index (χ0n) is 18.3. The standard InChI is InChI=1S/C25H28N2O3S2/c1-20-10-6-8-12-22(20)19-31-17-16-26-25(28)18-27(24-15-9-7-11-21(24)2)32(29,30)23-13-4-3-5-14-23/h3-15H,16-19H2,1-2H3,(H,26,28). The van der Waals surface area contributed by atoms with Crippen molar-refractivity contribution in [3.05, 3.63) is 95.6 Å². The lowest BCUT2D eigenvalue weighted by molar-refractivity contribution is -0.119. The van der Waals surface area contributed by atoms with E-state index in [0.717, 1.165) is 17.1 Å². The Balaban J connectivity index is 1.64. The quantitative estimate of drug-likeness (QED) is 0.444. The molecule has 0 fully saturated rings. The highest BCUT2D eigenvalue weighted by Gasteiger charge is 2.27. The van der Waals surface area contributed by atoms with Crippen LogP contribution in [0.1, 0.15) is 16.7 Å². The van der Waals surface area contributed by atoms with E-state index in [2.05, 4.69) is 24.4 Å². The fourth-order valence-electron chi connectivity index (χ4n) is 3.27. The summed E-state index contributed by atoms with van der Waals surface area (Å²) in [6, 6.07) is 23.6. The molecule has 0 aromatic heterocycles. The van der Waals surface area contributed by atoms with E-state index in [9.17, 15) is 13.2 Å². The van der Waals surface area contributed by atoms with Crippen molar-refractivity contribution < 1.29 is 13.2 Å². The van der Waals surface area contributed by atoms with Gasteiger partial charge in [-0.05, 0) is 48.7 Å². The number of sulfonamides is 1. The van der Waals surface area contributed by atoms with Crippen LogP contribution in [0.25, 0.3) is 0 Å². The Hall–Kier alpha value is -2.77. The van der Waals surface area contributed by atoms with Crippen LogP contribution < -0.4 is 9.62 Å². The minimum absolute atomic E-state index is 0.157. The lowest BCUT2D eigenvalue weighted by Gasteiger charge is -2.25. The first-order valence-corrected chi connectivity index (χ1v) is 13.0. The second-order valence-electron chi connectivity index (χ2n) is 7.44. The maximum absolute atomic E-state index is 13.3. The van der Waals surface area contributed by atoms with Gasteiger partial charge in [0, 0.05) is 18.1 Å². The van der Waals surface area contributed by atoms with E-state index in [0.29, 0.717) is 12.2 Å². The molecule has 3 aromatic rings. The van der Waals surface area contributed by atoms with Gasteiger partial charge in [-0.2, -0.15) is 11.8 Å². The summed E-state index contributed by atoms with van der Waals surface area (Å²) in [6.07, 6.45) is 0. The Bertz CT molecular complexity index is 1150. The molecule has 0 spiro atoms. The number of anilines is 1. The van der Waals surface area contributed by atoms with Crippen molar-refractivity contribution in [2.45, 2.75) is 24.5 Å². The molecule has 0 saturated carbocycles. The number of nitrogens with zero attached hydrogens (tertiary/aromatic N) is 1. The fraction of sp³-hybridized carbons (Fsp3) is 0.240. The van der Waals surface area contributed by atoms with E-state index in [1.807, 2.05) is 31.2 Å². The molecule has 1 N–H and O–H groups in total. The summed E-state index contributed by atoms with van der Waals surface area (Å²) in [5.74, 6) is 1.29. The number of hydrogen-bond donors (Lipinski definition) is 1. The van der Waals surface area contributed by atoms with E-state index in [1.54, 1.807) is 54.2 Å². The molecule has 0 aliphatic rings. The summed E-state index contributed by atoms with van der Waals surface area (Å²) in [7, 11) is -3.88. The van der Waals surface area contributed by atoms with Crippen molar-refractivity contribution in [3.63, 3.8) is 0 Å². The average molecular weight is 469 g/mol. The van der Waals surface area contributed by atoms with Crippen LogP contribution in [0.5, 0.6) is 0 Å². The zero-order valence-corrected chi connectivity index (χ0v) is 20.0. The molecule has 0 radical (unpaired) electrons. The van der Waals surface area contributed by atoms with Crippen LogP contribution in [0.15, 0.2) is 83.8 Å². The van der Waals surface area contributed by atoms with Gasteiger partial charge in [0.05, 0.1) is 10.6 Å². The monoisotopic (exact) mass is 468 g/mol. The number of carbonyl (C=O) groups is 1. The summed E-state index contributed by atoms with van der Waals surface area (Å²) in [4.78, 5) is 12.8. The van der Waals surface area contributed by atoms with E-state index in [-0.39, 0.29) is 17.3 Å². The third-order valence-electron chi connectivity index (χ3n) is 5.09. The highest BCUT2D eigenvalue weighted by atomic mass is 32.2. The second-order valence-corrected chi connectivity index (χ2v) is 10.4. The van der Waals surface area contributed by atoms with Gasteiger partial charge in [0.1, 0.15) is 6.54 Å². The van der Waals surface area contributed by atoms with Gasteiger partial charge in [0.25, 0.3) is 10.0 Å². The number of aryl methyl sites for hydroxylation is 2. The number of thioether (sulfide) groups is 1. The molecule has 3 rings (SSSR count). The SMILES string of the molecule is Cc1ccccc1CSCCNC(=O)CN(c1ccccc1C)S(=O)(=O)c1ccccc1. The lowest BCUT2D eigenvalue weighted by atomic mass is 10.1. The third-order valence-corrected chi connectivity index (χ3v) is 7.87. The largest absolute Gasteiger partial charge is 0.354 e. The van der Waals surface area contributed by atoms with Crippen LogP contribution in [-0.4, -0.2) is 33.2 Å². The molecule has 0 atom stereocenters. The molecule has 3 aromatic carbocycles. The van der Waals surface area contributed by atoms with Gasteiger partial charge >= 0.3 is 0 Å². The minimum Gasteiger partial charge on any atom is -0.354 e. The zero-order chi connectivity index (χ0) is 23.0. The number of amides is 1. The van der Waals surface area contributed by atoms with E-state index >= 15 is 0 Å². The van der Waals surface area contributed by atoms with Gasteiger partial charge in [-0.15, -0.1) is 0 Å². The number of rotatable bonds is 10. The summed E-state index contributed by atoms with van der Waals surface area (Å²) >= 11 is 1.74. The molecule has 168 valence electrons. The van der Waals surface area contributed by atoms with Crippen LogP contribution in [0.3, 0.4) is 0 Å². The van der Waals surface area contributed by atoms with Crippen LogP contribution in [0.4, 0.5) is 5.69 Å². The summed E-state index contributed by atoms with van der Waals surface area (Å²) < 4.78 is 27.8. The van der Waals surface area contributed by atoms with E-state index < -0.39 is 10.0 Å². The van der Waals surface area contributed by atoms with Crippen molar-refractivity contribution in [2.75, 3.05) is 23.1 Å². The first kappa shape index (κ1) is 23.9. The normalized spacial score (nSPS) is 11.2. The maximum atomic E-state index is 13.3. The maximum Gasteiger partial charge on any atom is 0.264 e. The molecule has 1 amide bonds. The van der Waals surface area contributed by atoms with Gasteiger partial charge in [-0.25, -0.2) is 8.42 Å². The molecule has 32 heavy (non-hydrogen) atoms. The highest BCUT2D eigenvalue weighted by Crippen LogP contribution is 2.26. The Labute approximate surface area is 194 Å². The third kappa shape index (κ3) is 6.14. The number of nitrogens with one attached hydrogen (secondary N) is 1. The summed E-state index contributed by atoms with van der Waals surface area (Å²) in [6.45, 7) is 4.13. The van der Waals surface area contributed by atoms with Gasteiger partial charge in [0.2, 0.25) is 5.91 Å². The number of para-hydroxylation sites is 1. The lowest BCUT2D eigenvalue weighted by Crippen LogP contribution is -2.41. The van der Waals surface area contributed by atoms with Crippen molar-refractivity contribution >= 4 is 33.4 Å². The molecule has 0 saturated heterocycles. The van der Waals surface area contributed by atoms with Crippen LogP contribution in [0, 0.1) is 13.8 Å². The van der Waals surface area contributed by atoms with Gasteiger partial charge in [-0.1, -0.05) is 60.7 Å². The van der Waals surface area contributed by atoms with Crippen LogP contribution in [0.2, 0.25) is 0 Å². The Kier molecular flexibility index (Phi) is 8.36. The Morgan fingerprint density at radius 2 is 1.50 bits per heavy atom. The second kappa shape index (κ2) is 11.2. The van der Waals surface area contributed by atoms with Gasteiger partial charge in [-0.3, -0.25) is 9.10 Å². The van der Waals surface area contributed by atoms with Gasteiger partial charge in [0.15, 0.2) is 0 Å². The number of carbonyl (C=O) groups excluding carboxylic acids is 1. The van der Waals surface area contributed by atoms with Crippen molar-refractivity contribution in [1.82, 2.24) is 5.32 Å². The van der Waals surface area contributed by atoms with Crippen LogP contribution >= 0.6 is 11.8 Å². The molecule has 0 unspecified atom stereocenters. The van der Waals surface area contributed by atoms with Crippen molar-refractivity contribution in [1.29, 1.82) is 0 Å². The first-order valence-electron chi connectivity index (χ1n) is 10.4. The fourth-order valence-corrected chi connectivity index (χ4v) is 5.71. The van der Waals surface area contributed by atoms with Gasteiger partial charge < -0.3 is 5.32 Å². The molecule has 0 bridgehead atoms. The molecular weight excluding hydrogens is 440 g/mol. The minimum atomic E-state index is -3.88. The predicted octanol–water partition coefficient (Wildman–Crippen LogP) is 4.55. The topological polar surface area (TPSA) is 66.5 Å². The van der Waals surface area contributed by atoms with E-state index in [1.165, 1.54) is 15.4 Å². The van der Waals surface area contributed by atoms with E-state index in [4.69, 9.17) is 0 Å². The smallest absolute Gasteiger partial charge is 0.264 e. The first-order chi connectivity index (χ1) is 15.4. The summed E-state index contributed by atoms with van der Waals surface area (Å²) in [5, 5.41) is 2.86. The molecule has 0 heterocycles. The molecule has 0 aliphatic heterocycles. The van der Waals surface area contributed by atoms with Crippen molar-refractivity contribution in [2.24, 2.45) is 0 Å². The molecule has 5 nitrogen and oxygen atoms in total. The molecular formula is C25H28N2O3S2. The molecule has 0 aliphatic carbocycles. The number of hydrogen-bond acceptors (Lipinski definition) is 4. The Morgan fingerprint density at radius 3 is 2.19 bits per heavy atom.